The van der Waals surface area contributed by atoms with E-state index in [0.717, 1.165) is 5.56 Å². The van der Waals surface area contributed by atoms with Crippen LogP contribution in [0.25, 0.3) is 0 Å². The van der Waals surface area contributed by atoms with Gasteiger partial charge >= 0.3 is 0 Å². The predicted molar refractivity (Wildman–Crippen MR) is 117 cm³/mol. The number of carbonyl (C=O) groups is 1. The van der Waals surface area contributed by atoms with Crippen LogP contribution in [0.5, 0.6) is 17.2 Å². The highest BCUT2D eigenvalue weighted by atomic mass is 32.2. The highest BCUT2D eigenvalue weighted by Gasteiger charge is 2.30. The van der Waals surface area contributed by atoms with Gasteiger partial charge in [-0.25, -0.2) is 8.42 Å². The fourth-order valence-corrected chi connectivity index (χ4v) is 5.05. The lowest BCUT2D eigenvalue weighted by Gasteiger charge is -2.31. The number of benzene rings is 2. The van der Waals surface area contributed by atoms with Crippen LogP contribution in [-0.4, -0.2) is 59.1 Å². The first-order valence-electron chi connectivity index (χ1n) is 9.97. The van der Waals surface area contributed by atoms with Crippen LogP contribution >= 0.6 is 0 Å². The lowest BCUT2D eigenvalue weighted by atomic mass is 10.1. The van der Waals surface area contributed by atoms with Crippen LogP contribution in [0.1, 0.15) is 28.8 Å². The summed E-state index contributed by atoms with van der Waals surface area (Å²) in [7, 11) is 0.942. The number of carbonyl (C=O) groups excluding carboxylic acids is 1. The summed E-state index contributed by atoms with van der Waals surface area (Å²) in [5.74, 6) is 0.923. The number of amides is 1. The topological polar surface area (TPSA) is 94.2 Å². The molecule has 1 fully saturated rings. The van der Waals surface area contributed by atoms with E-state index in [1.165, 1.54) is 25.6 Å². The summed E-state index contributed by atoms with van der Waals surface area (Å²) in [4.78, 5) is 13.1. The van der Waals surface area contributed by atoms with Gasteiger partial charge in [-0.1, -0.05) is 17.7 Å². The van der Waals surface area contributed by atoms with E-state index in [0.29, 0.717) is 48.7 Å². The van der Waals surface area contributed by atoms with E-state index in [1.54, 1.807) is 36.4 Å². The molecule has 0 aromatic heterocycles. The van der Waals surface area contributed by atoms with Crippen LogP contribution in [0, 0.1) is 6.92 Å². The summed E-state index contributed by atoms with van der Waals surface area (Å²) in [6.45, 7) is 2.60. The van der Waals surface area contributed by atoms with E-state index >= 15 is 0 Å². The Morgan fingerprint density at radius 3 is 2.00 bits per heavy atom. The maximum atomic E-state index is 12.8. The minimum atomic E-state index is -3.53. The fourth-order valence-electron chi connectivity index (χ4n) is 3.58. The van der Waals surface area contributed by atoms with Gasteiger partial charge in [0.1, 0.15) is 0 Å². The Labute approximate surface area is 183 Å². The van der Waals surface area contributed by atoms with Crippen molar-refractivity contribution in [3.63, 3.8) is 0 Å². The number of methoxy groups -OCH3 is 3. The molecule has 1 saturated heterocycles. The number of sulfonamides is 1. The Kier molecular flexibility index (Phi) is 7.07. The van der Waals surface area contributed by atoms with Crippen molar-refractivity contribution in [1.82, 2.24) is 9.62 Å². The SMILES string of the molecule is COc1cc(C(=O)NC2CCN(S(=O)(=O)c3ccc(C)cc3)CC2)cc(OC)c1OC. The van der Waals surface area contributed by atoms with Crippen molar-refractivity contribution in [3.05, 3.63) is 47.5 Å². The first kappa shape index (κ1) is 22.9. The molecular formula is C22H28N2O6S. The number of aryl methyl sites for hydroxylation is 1. The Morgan fingerprint density at radius 1 is 0.968 bits per heavy atom. The summed E-state index contributed by atoms with van der Waals surface area (Å²) in [6, 6.07) is 9.89. The quantitative estimate of drug-likeness (QED) is 0.700. The third-order valence-electron chi connectivity index (χ3n) is 5.37. The molecule has 1 aliphatic rings. The highest BCUT2D eigenvalue weighted by molar-refractivity contribution is 7.89. The summed E-state index contributed by atoms with van der Waals surface area (Å²) >= 11 is 0. The average Bonchev–Trinajstić information content (AvgIpc) is 2.78. The Bertz CT molecular complexity index is 1000. The minimum absolute atomic E-state index is 0.129. The smallest absolute Gasteiger partial charge is 0.251 e. The van der Waals surface area contributed by atoms with E-state index in [4.69, 9.17) is 14.2 Å². The number of rotatable bonds is 7. The molecule has 9 heteroatoms. The Balaban J connectivity index is 1.66. The van der Waals surface area contributed by atoms with Gasteiger partial charge in [-0.15, -0.1) is 0 Å². The number of nitrogens with zero attached hydrogens (tertiary/aromatic N) is 1. The van der Waals surface area contributed by atoms with Crippen LogP contribution < -0.4 is 19.5 Å². The number of ether oxygens (including phenoxy) is 3. The van der Waals surface area contributed by atoms with Gasteiger partial charge in [-0.2, -0.15) is 4.31 Å². The van der Waals surface area contributed by atoms with Crippen LogP contribution in [0.15, 0.2) is 41.3 Å². The second-order valence-corrected chi connectivity index (χ2v) is 9.32. The molecule has 0 unspecified atom stereocenters. The fraction of sp³-hybridized carbons (Fsp3) is 0.409. The molecule has 1 heterocycles. The van der Waals surface area contributed by atoms with Gasteiger partial charge in [-0.05, 0) is 44.0 Å². The monoisotopic (exact) mass is 448 g/mol. The number of piperidine rings is 1. The maximum absolute atomic E-state index is 12.8. The van der Waals surface area contributed by atoms with E-state index in [-0.39, 0.29) is 16.8 Å². The molecule has 0 radical (unpaired) electrons. The van der Waals surface area contributed by atoms with E-state index in [9.17, 15) is 13.2 Å². The lowest BCUT2D eigenvalue weighted by Crippen LogP contribution is -2.46. The largest absolute Gasteiger partial charge is 0.493 e. The zero-order chi connectivity index (χ0) is 22.6. The molecule has 0 bridgehead atoms. The summed E-state index contributed by atoms with van der Waals surface area (Å²) < 4.78 is 43.1. The molecule has 2 aromatic carbocycles. The van der Waals surface area contributed by atoms with E-state index in [1.807, 2.05) is 6.92 Å². The predicted octanol–water partition coefficient (Wildman–Crippen LogP) is 2.60. The summed E-state index contributed by atoms with van der Waals surface area (Å²) in [6.07, 6.45) is 1.06. The van der Waals surface area contributed by atoms with Crippen molar-refractivity contribution in [3.8, 4) is 17.2 Å². The van der Waals surface area contributed by atoms with Gasteiger partial charge in [-0.3, -0.25) is 4.79 Å². The van der Waals surface area contributed by atoms with Crippen molar-refractivity contribution in [2.45, 2.75) is 30.7 Å². The van der Waals surface area contributed by atoms with Crippen molar-refractivity contribution >= 4 is 15.9 Å². The zero-order valence-corrected chi connectivity index (χ0v) is 19.0. The molecule has 168 valence electrons. The van der Waals surface area contributed by atoms with Gasteiger partial charge in [0.2, 0.25) is 15.8 Å². The van der Waals surface area contributed by atoms with Gasteiger partial charge in [0.05, 0.1) is 26.2 Å². The third-order valence-corrected chi connectivity index (χ3v) is 7.29. The Hall–Kier alpha value is -2.78. The van der Waals surface area contributed by atoms with Gasteiger partial charge in [0.15, 0.2) is 11.5 Å². The zero-order valence-electron chi connectivity index (χ0n) is 18.2. The van der Waals surface area contributed by atoms with Gasteiger partial charge < -0.3 is 19.5 Å². The molecule has 1 aliphatic heterocycles. The van der Waals surface area contributed by atoms with Crippen LogP contribution in [0.2, 0.25) is 0 Å². The molecule has 0 atom stereocenters. The molecule has 3 rings (SSSR count). The normalized spacial score (nSPS) is 15.4. The van der Waals surface area contributed by atoms with Gasteiger partial charge in [0.25, 0.3) is 5.91 Å². The van der Waals surface area contributed by atoms with Crippen molar-refractivity contribution in [2.24, 2.45) is 0 Å². The highest BCUT2D eigenvalue weighted by Crippen LogP contribution is 2.38. The molecule has 0 aliphatic carbocycles. The number of nitrogens with one attached hydrogen (secondary N) is 1. The summed E-state index contributed by atoms with van der Waals surface area (Å²) in [5, 5.41) is 2.98. The molecule has 2 aromatic rings. The Morgan fingerprint density at radius 2 is 1.52 bits per heavy atom. The van der Waals surface area contributed by atoms with Crippen molar-refractivity contribution in [1.29, 1.82) is 0 Å². The molecule has 1 amide bonds. The molecule has 0 saturated carbocycles. The molecule has 1 N–H and O–H groups in total. The third kappa shape index (κ3) is 4.94. The minimum Gasteiger partial charge on any atom is -0.493 e. The number of hydrogen-bond acceptors (Lipinski definition) is 6. The lowest BCUT2D eigenvalue weighted by molar-refractivity contribution is 0.0923. The van der Waals surface area contributed by atoms with Gasteiger partial charge in [0, 0.05) is 24.7 Å². The average molecular weight is 449 g/mol. The van der Waals surface area contributed by atoms with Crippen LogP contribution in [-0.2, 0) is 10.0 Å². The molecular weight excluding hydrogens is 420 g/mol. The second-order valence-electron chi connectivity index (χ2n) is 7.38. The first-order chi connectivity index (χ1) is 14.8. The molecule has 0 spiro atoms. The first-order valence-corrected chi connectivity index (χ1v) is 11.4. The molecule has 31 heavy (non-hydrogen) atoms. The van der Waals surface area contributed by atoms with Crippen molar-refractivity contribution < 1.29 is 27.4 Å². The van der Waals surface area contributed by atoms with E-state index < -0.39 is 10.0 Å². The standard InChI is InChI=1S/C22H28N2O6S/c1-15-5-7-18(8-6-15)31(26,27)24-11-9-17(10-12-24)23-22(25)16-13-19(28-2)21(30-4)20(14-16)29-3/h5-8,13-14,17H,9-12H2,1-4H3,(H,23,25). The van der Waals surface area contributed by atoms with E-state index in [2.05, 4.69) is 5.32 Å². The summed E-state index contributed by atoms with van der Waals surface area (Å²) in [5.41, 5.74) is 1.39. The van der Waals surface area contributed by atoms with Crippen LogP contribution in [0.4, 0.5) is 0 Å². The van der Waals surface area contributed by atoms with Crippen LogP contribution in [0.3, 0.4) is 0 Å². The maximum Gasteiger partial charge on any atom is 0.251 e. The van der Waals surface area contributed by atoms with Crippen molar-refractivity contribution in [2.75, 3.05) is 34.4 Å². The molecule has 8 nitrogen and oxygen atoms in total. The second kappa shape index (κ2) is 9.57. The number of hydrogen-bond donors (Lipinski definition) is 1.